The number of ether oxygens (including phenoxy) is 2. The Morgan fingerprint density at radius 1 is 1.24 bits per heavy atom. The van der Waals surface area contributed by atoms with Crippen molar-refractivity contribution in [1.29, 1.82) is 0 Å². The Kier molecular flexibility index (Phi) is 8.53. The number of carbonyl (C=O) groups is 1. The van der Waals surface area contributed by atoms with Gasteiger partial charge in [-0.1, -0.05) is 29.8 Å². The minimum absolute atomic E-state index is 0.00380. The van der Waals surface area contributed by atoms with E-state index in [1.807, 2.05) is 19.9 Å². The molecule has 34 heavy (non-hydrogen) atoms. The molecule has 11 heteroatoms. The highest BCUT2D eigenvalue weighted by molar-refractivity contribution is 9.13. The van der Waals surface area contributed by atoms with Crippen LogP contribution in [0.5, 0.6) is 11.5 Å². The second kappa shape index (κ2) is 11.0. The summed E-state index contributed by atoms with van der Waals surface area (Å²) in [6.07, 6.45) is 1.21. The lowest BCUT2D eigenvalue weighted by atomic mass is 10.1. The van der Waals surface area contributed by atoms with Crippen molar-refractivity contribution < 1.29 is 19.4 Å². The van der Waals surface area contributed by atoms with Gasteiger partial charge in [0.05, 0.1) is 28.7 Å². The Bertz CT molecular complexity index is 1340. The van der Waals surface area contributed by atoms with Crippen molar-refractivity contribution in [3.8, 4) is 11.5 Å². The highest BCUT2D eigenvalue weighted by atomic mass is 79.9. The Balaban J connectivity index is 2.16. The molecule has 0 radical (unpaired) electrons. The van der Waals surface area contributed by atoms with E-state index in [0.717, 1.165) is 10.9 Å². The third-order valence-electron chi connectivity index (χ3n) is 5.22. The first-order valence-electron chi connectivity index (χ1n) is 10.3. The summed E-state index contributed by atoms with van der Waals surface area (Å²) in [5, 5.41) is 14.1. The normalized spacial score (nSPS) is 13.3. The summed E-state index contributed by atoms with van der Waals surface area (Å²) in [6.45, 7) is 5.43. The van der Waals surface area contributed by atoms with Gasteiger partial charge in [-0.25, -0.2) is 9.78 Å². The van der Waals surface area contributed by atoms with Crippen molar-refractivity contribution in [2.75, 3.05) is 7.11 Å². The van der Waals surface area contributed by atoms with Crippen LogP contribution in [0.4, 0.5) is 0 Å². The van der Waals surface area contributed by atoms with Crippen LogP contribution in [0.1, 0.15) is 44.5 Å². The zero-order valence-electron chi connectivity index (χ0n) is 18.8. The summed E-state index contributed by atoms with van der Waals surface area (Å²) < 4.78 is 14.1. The first-order chi connectivity index (χ1) is 16.1. The lowest BCUT2D eigenvalue weighted by molar-refractivity contribution is -0.144. The Labute approximate surface area is 221 Å². The number of fused-ring (bicyclic) bond motifs is 1. The molecular formula is C23H22Br3N3O5. The van der Waals surface area contributed by atoms with Crippen molar-refractivity contribution >= 4 is 70.9 Å². The van der Waals surface area contributed by atoms with E-state index in [1.54, 1.807) is 18.2 Å². The largest absolute Gasteiger partial charge is 0.493 e. The number of carboxylic acids is 1. The standard InChI is InChI=1S/C23H22Br3N3O5/c1-5-11(2)21-28-16-7-6-14(24)9-15(16)22(30)29(21)27-10-13-8-17(33-4)20(19(26)18(13)25)34-12(3)23(31)32/h6-12H,5H2,1-4H3,(H,31,32)/t11-,12+/m0/s1. The summed E-state index contributed by atoms with van der Waals surface area (Å²) in [7, 11) is 1.45. The maximum Gasteiger partial charge on any atom is 0.344 e. The van der Waals surface area contributed by atoms with Gasteiger partial charge < -0.3 is 14.6 Å². The lowest BCUT2D eigenvalue weighted by Gasteiger charge is -2.17. The fourth-order valence-electron chi connectivity index (χ4n) is 3.09. The minimum atomic E-state index is -1.11. The average molecular weight is 660 g/mol. The van der Waals surface area contributed by atoms with E-state index in [4.69, 9.17) is 14.5 Å². The summed E-state index contributed by atoms with van der Waals surface area (Å²) in [5.41, 5.74) is 0.903. The second-order valence-corrected chi connectivity index (χ2v) is 10.0. The van der Waals surface area contributed by atoms with Crippen LogP contribution in [0.2, 0.25) is 0 Å². The summed E-state index contributed by atoms with van der Waals surface area (Å²) >= 11 is 10.3. The van der Waals surface area contributed by atoms with E-state index < -0.39 is 12.1 Å². The molecule has 180 valence electrons. The number of hydrogen-bond donors (Lipinski definition) is 1. The third-order valence-corrected chi connectivity index (χ3v) is 7.85. The van der Waals surface area contributed by atoms with Gasteiger partial charge >= 0.3 is 5.97 Å². The molecule has 0 fully saturated rings. The predicted octanol–water partition coefficient (Wildman–Crippen LogP) is 5.94. The maximum atomic E-state index is 13.3. The van der Waals surface area contributed by atoms with Crippen LogP contribution >= 0.6 is 47.8 Å². The lowest BCUT2D eigenvalue weighted by Crippen LogP contribution is -2.24. The molecule has 0 unspecified atom stereocenters. The maximum absolute atomic E-state index is 13.3. The molecule has 2 atom stereocenters. The molecule has 1 heterocycles. The number of benzene rings is 2. The second-order valence-electron chi connectivity index (χ2n) is 7.53. The molecule has 0 aliphatic carbocycles. The number of carboxylic acid groups (broad SMARTS) is 1. The van der Waals surface area contributed by atoms with Gasteiger partial charge in [0.15, 0.2) is 17.6 Å². The van der Waals surface area contributed by atoms with Gasteiger partial charge in [-0.3, -0.25) is 4.79 Å². The first-order valence-corrected chi connectivity index (χ1v) is 12.7. The average Bonchev–Trinajstić information content (AvgIpc) is 2.81. The summed E-state index contributed by atoms with van der Waals surface area (Å²) in [5.74, 6) is -0.0224. The molecule has 3 aromatic rings. The number of rotatable bonds is 8. The van der Waals surface area contributed by atoms with Crippen LogP contribution in [0.25, 0.3) is 10.9 Å². The topological polar surface area (TPSA) is 103 Å². The van der Waals surface area contributed by atoms with Crippen LogP contribution in [0.15, 0.2) is 47.6 Å². The molecule has 0 amide bonds. The quantitative estimate of drug-likeness (QED) is 0.300. The highest BCUT2D eigenvalue weighted by Gasteiger charge is 2.22. The van der Waals surface area contributed by atoms with Crippen LogP contribution in [-0.4, -0.2) is 40.2 Å². The molecule has 0 saturated heterocycles. The minimum Gasteiger partial charge on any atom is -0.493 e. The number of nitrogens with zero attached hydrogens (tertiary/aromatic N) is 3. The molecule has 1 aromatic heterocycles. The first kappa shape index (κ1) is 26.4. The van der Waals surface area contributed by atoms with E-state index in [0.29, 0.717) is 37.0 Å². The molecule has 0 aliphatic heterocycles. The number of halogens is 3. The molecule has 0 saturated carbocycles. The number of aromatic nitrogens is 2. The fourth-order valence-corrected chi connectivity index (χ4v) is 4.36. The highest BCUT2D eigenvalue weighted by Crippen LogP contribution is 2.42. The van der Waals surface area contributed by atoms with Crippen molar-refractivity contribution in [3.63, 3.8) is 0 Å². The van der Waals surface area contributed by atoms with E-state index in [-0.39, 0.29) is 17.2 Å². The van der Waals surface area contributed by atoms with Gasteiger partial charge in [-0.15, -0.1) is 0 Å². The number of hydrogen-bond acceptors (Lipinski definition) is 6. The molecule has 1 N–H and O–H groups in total. The number of methoxy groups -OCH3 is 1. The predicted molar refractivity (Wildman–Crippen MR) is 142 cm³/mol. The van der Waals surface area contributed by atoms with Gasteiger partial charge in [0.25, 0.3) is 5.56 Å². The Morgan fingerprint density at radius 3 is 2.56 bits per heavy atom. The molecular weight excluding hydrogens is 638 g/mol. The SMILES string of the molecule is CC[C@H](C)c1nc2ccc(Br)cc2c(=O)n1N=Cc1cc(OC)c(O[C@H](C)C(=O)O)c(Br)c1Br. The zero-order valence-corrected chi connectivity index (χ0v) is 23.6. The van der Waals surface area contributed by atoms with E-state index >= 15 is 0 Å². The van der Waals surface area contributed by atoms with Gasteiger partial charge in [0.1, 0.15) is 5.82 Å². The fraction of sp³-hybridized carbons (Fsp3) is 0.304. The molecule has 0 spiro atoms. The molecule has 0 bridgehead atoms. The molecule has 3 rings (SSSR count). The summed E-state index contributed by atoms with van der Waals surface area (Å²) in [4.78, 5) is 29.3. The van der Waals surface area contributed by atoms with Crippen molar-refractivity contribution in [1.82, 2.24) is 9.66 Å². The molecule has 8 nitrogen and oxygen atoms in total. The molecule has 2 aromatic carbocycles. The Morgan fingerprint density at radius 2 is 1.94 bits per heavy atom. The smallest absolute Gasteiger partial charge is 0.344 e. The van der Waals surface area contributed by atoms with Crippen LogP contribution in [0.3, 0.4) is 0 Å². The summed E-state index contributed by atoms with van der Waals surface area (Å²) in [6, 6.07) is 7.01. The molecule has 0 aliphatic rings. The zero-order chi connectivity index (χ0) is 25.2. The van der Waals surface area contributed by atoms with Gasteiger partial charge in [-0.2, -0.15) is 9.78 Å². The van der Waals surface area contributed by atoms with E-state index in [2.05, 4.69) is 52.9 Å². The monoisotopic (exact) mass is 657 g/mol. The van der Waals surface area contributed by atoms with Gasteiger partial charge in [0, 0.05) is 20.4 Å². The third kappa shape index (κ3) is 5.36. The van der Waals surface area contributed by atoms with Crippen molar-refractivity contribution in [2.24, 2.45) is 5.10 Å². The van der Waals surface area contributed by atoms with Crippen molar-refractivity contribution in [3.05, 3.63) is 59.4 Å². The number of aliphatic carboxylic acids is 1. The van der Waals surface area contributed by atoms with Crippen LogP contribution in [0, 0.1) is 0 Å². The van der Waals surface area contributed by atoms with Gasteiger partial charge in [0.2, 0.25) is 0 Å². The van der Waals surface area contributed by atoms with E-state index in [9.17, 15) is 14.7 Å². The van der Waals surface area contributed by atoms with Crippen LogP contribution in [-0.2, 0) is 4.79 Å². The van der Waals surface area contributed by atoms with E-state index in [1.165, 1.54) is 24.9 Å². The van der Waals surface area contributed by atoms with Gasteiger partial charge in [-0.05, 0) is 69.5 Å². The van der Waals surface area contributed by atoms with Crippen LogP contribution < -0.4 is 15.0 Å². The van der Waals surface area contributed by atoms with Crippen molar-refractivity contribution in [2.45, 2.75) is 39.2 Å². The Hall–Kier alpha value is -2.24.